The zero-order valence-electron chi connectivity index (χ0n) is 12.7. The lowest BCUT2D eigenvalue weighted by atomic mass is 10.0. The van der Waals surface area contributed by atoms with Gasteiger partial charge in [0.2, 0.25) is 0 Å². The van der Waals surface area contributed by atoms with Gasteiger partial charge in [0.05, 0.1) is 11.4 Å². The Bertz CT molecular complexity index is 561. The molecule has 1 atom stereocenters. The predicted octanol–water partition coefficient (Wildman–Crippen LogP) is 2.07. The average molecular weight is 273 g/mol. The largest absolute Gasteiger partial charge is 0.335 e. The van der Waals surface area contributed by atoms with Crippen LogP contribution in [0.25, 0.3) is 0 Å². The highest BCUT2D eigenvalue weighted by atomic mass is 15.1. The van der Waals surface area contributed by atoms with Crippen LogP contribution >= 0.6 is 0 Å². The van der Waals surface area contributed by atoms with Gasteiger partial charge in [0.25, 0.3) is 0 Å². The fourth-order valence-electron chi connectivity index (χ4n) is 2.48. The summed E-state index contributed by atoms with van der Waals surface area (Å²) in [7, 11) is 1.99. The molecule has 0 aromatic carbocycles. The number of aryl methyl sites for hydroxylation is 3. The number of hydrogen-bond donors (Lipinski definition) is 1. The number of aromatic nitrogens is 4. The van der Waals surface area contributed by atoms with E-state index in [9.17, 15) is 0 Å². The van der Waals surface area contributed by atoms with Gasteiger partial charge in [-0.05, 0) is 38.9 Å². The van der Waals surface area contributed by atoms with Crippen LogP contribution in [-0.4, -0.2) is 26.8 Å². The lowest BCUT2D eigenvalue weighted by Crippen LogP contribution is -2.23. The zero-order valence-corrected chi connectivity index (χ0v) is 12.7. The fourth-order valence-corrected chi connectivity index (χ4v) is 2.48. The van der Waals surface area contributed by atoms with E-state index < -0.39 is 0 Å². The first-order valence-corrected chi connectivity index (χ1v) is 7.19. The Balaban J connectivity index is 2.30. The van der Waals surface area contributed by atoms with Crippen molar-refractivity contribution in [1.29, 1.82) is 0 Å². The minimum absolute atomic E-state index is 0.215. The second kappa shape index (κ2) is 6.61. The molecule has 5 heteroatoms. The summed E-state index contributed by atoms with van der Waals surface area (Å²) < 4.78 is 2.18. The lowest BCUT2D eigenvalue weighted by Gasteiger charge is -2.19. The van der Waals surface area contributed by atoms with Crippen molar-refractivity contribution in [2.24, 2.45) is 0 Å². The van der Waals surface area contributed by atoms with E-state index in [1.54, 1.807) is 0 Å². The molecular weight excluding hydrogens is 250 g/mol. The Morgan fingerprint density at radius 2 is 2.10 bits per heavy atom. The van der Waals surface area contributed by atoms with Crippen molar-refractivity contribution in [1.82, 2.24) is 25.1 Å². The molecule has 2 aromatic rings. The molecule has 108 valence electrons. The molecule has 2 heterocycles. The minimum atomic E-state index is 0.215. The van der Waals surface area contributed by atoms with E-state index in [-0.39, 0.29) is 6.04 Å². The monoisotopic (exact) mass is 273 g/mol. The zero-order chi connectivity index (χ0) is 14.5. The maximum Gasteiger partial charge on any atom is 0.110 e. The predicted molar refractivity (Wildman–Crippen MR) is 79.6 cm³/mol. The van der Waals surface area contributed by atoms with E-state index in [1.807, 2.05) is 26.4 Å². The number of likely N-dealkylation sites (N-methyl/N-ethyl adjacent to an activating group) is 1. The topological polar surface area (TPSA) is 55.6 Å². The van der Waals surface area contributed by atoms with Crippen LogP contribution in [-0.2, 0) is 19.4 Å². The van der Waals surface area contributed by atoms with Crippen LogP contribution in [0.2, 0.25) is 0 Å². The van der Waals surface area contributed by atoms with Crippen LogP contribution in [0, 0.1) is 6.92 Å². The molecule has 0 bridgehead atoms. The van der Waals surface area contributed by atoms with Gasteiger partial charge in [0.1, 0.15) is 5.82 Å². The molecule has 0 amide bonds. The van der Waals surface area contributed by atoms with Crippen molar-refractivity contribution in [3.05, 3.63) is 41.2 Å². The molecule has 5 nitrogen and oxygen atoms in total. The standard InChI is InChI=1S/C15H23N5/c1-5-13-12(9-11(3)18-19-13)14(16-4)10-15-17-7-8-20(15)6-2/h7-9,14,16H,5-6,10H2,1-4H3. The van der Waals surface area contributed by atoms with Crippen LogP contribution in [0.5, 0.6) is 0 Å². The summed E-state index contributed by atoms with van der Waals surface area (Å²) in [5.74, 6) is 1.10. The highest BCUT2D eigenvalue weighted by molar-refractivity contribution is 5.25. The van der Waals surface area contributed by atoms with Crippen LogP contribution < -0.4 is 5.32 Å². The van der Waals surface area contributed by atoms with Gasteiger partial charge in [-0.2, -0.15) is 10.2 Å². The molecule has 1 N–H and O–H groups in total. The summed E-state index contributed by atoms with van der Waals surface area (Å²) in [5, 5.41) is 11.9. The summed E-state index contributed by atoms with van der Waals surface area (Å²) in [4.78, 5) is 4.47. The van der Waals surface area contributed by atoms with Crippen molar-refractivity contribution in [2.75, 3.05) is 7.05 Å². The number of rotatable bonds is 6. The van der Waals surface area contributed by atoms with Gasteiger partial charge in [0, 0.05) is 31.4 Å². The molecule has 0 saturated carbocycles. The van der Waals surface area contributed by atoms with Crippen molar-refractivity contribution < 1.29 is 0 Å². The number of nitrogens with zero attached hydrogens (tertiary/aromatic N) is 4. The first-order chi connectivity index (χ1) is 9.69. The maximum absolute atomic E-state index is 4.47. The molecular formula is C15H23N5. The van der Waals surface area contributed by atoms with Gasteiger partial charge in [-0.15, -0.1) is 0 Å². The quantitative estimate of drug-likeness (QED) is 0.875. The van der Waals surface area contributed by atoms with E-state index in [0.29, 0.717) is 0 Å². The summed E-state index contributed by atoms with van der Waals surface area (Å²) in [6, 6.07) is 2.35. The van der Waals surface area contributed by atoms with Gasteiger partial charge >= 0.3 is 0 Å². The molecule has 2 aromatic heterocycles. The highest BCUT2D eigenvalue weighted by Gasteiger charge is 2.17. The van der Waals surface area contributed by atoms with E-state index in [0.717, 1.165) is 36.6 Å². The molecule has 0 aliphatic rings. The normalized spacial score (nSPS) is 12.6. The molecule has 0 radical (unpaired) electrons. The Labute approximate surface area is 120 Å². The van der Waals surface area contributed by atoms with Gasteiger partial charge < -0.3 is 9.88 Å². The fraction of sp³-hybridized carbons (Fsp3) is 0.533. The average Bonchev–Trinajstić information content (AvgIpc) is 2.91. The van der Waals surface area contributed by atoms with Gasteiger partial charge in [-0.1, -0.05) is 6.92 Å². The first kappa shape index (κ1) is 14.7. The summed E-state index contributed by atoms with van der Waals surface area (Å²) in [6.45, 7) is 7.17. The van der Waals surface area contributed by atoms with Crippen molar-refractivity contribution in [2.45, 2.75) is 46.2 Å². The van der Waals surface area contributed by atoms with Crippen LogP contribution in [0.15, 0.2) is 18.5 Å². The second-order valence-electron chi connectivity index (χ2n) is 4.92. The molecule has 0 spiro atoms. The van der Waals surface area contributed by atoms with Crippen molar-refractivity contribution >= 4 is 0 Å². The SMILES string of the molecule is CCc1nnc(C)cc1C(Cc1nccn1CC)NC. The summed E-state index contributed by atoms with van der Waals surface area (Å²) in [6.07, 6.45) is 5.64. The molecule has 0 aliphatic heterocycles. The van der Waals surface area contributed by atoms with E-state index in [4.69, 9.17) is 0 Å². The van der Waals surface area contributed by atoms with Crippen LogP contribution in [0.3, 0.4) is 0 Å². The first-order valence-electron chi connectivity index (χ1n) is 7.19. The highest BCUT2D eigenvalue weighted by Crippen LogP contribution is 2.21. The van der Waals surface area contributed by atoms with Crippen LogP contribution in [0.4, 0.5) is 0 Å². The third-order valence-corrected chi connectivity index (χ3v) is 3.61. The third kappa shape index (κ3) is 3.04. The summed E-state index contributed by atoms with van der Waals surface area (Å²) >= 11 is 0. The Morgan fingerprint density at radius 1 is 1.30 bits per heavy atom. The number of imidazole rings is 1. The number of nitrogens with one attached hydrogen (secondary N) is 1. The second-order valence-corrected chi connectivity index (χ2v) is 4.92. The lowest BCUT2D eigenvalue weighted by molar-refractivity contribution is 0.544. The third-order valence-electron chi connectivity index (χ3n) is 3.61. The van der Waals surface area contributed by atoms with Crippen molar-refractivity contribution in [3.63, 3.8) is 0 Å². The van der Waals surface area contributed by atoms with Gasteiger partial charge in [-0.25, -0.2) is 4.98 Å². The molecule has 2 rings (SSSR count). The van der Waals surface area contributed by atoms with Gasteiger partial charge in [0.15, 0.2) is 0 Å². The maximum atomic E-state index is 4.47. The Kier molecular flexibility index (Phi) is 4.84. The minimum Gasteiger partial charge on any atom is -0.335 e. The molecule has 20 heavy (non-hydrogen) atoms. The molecule has 0 aliphatic carbocycles. The van der Waals surface area contributed by atoms with E-state index in [2.05, 4.69) is 45.0 Å². The van der Waals surface area contributed by atoms with Crippen LogP contribution in [0.1, 0.15) is 42.7 Å². The Hall–Kier alpha value is -1.75. The van der Waals surface area contributed by atoms with E-state index in [1.165, 1.54) is 5.56 Å². The van der Waals surface area contributed by atoms with Crippen molar-refractivity contribution in [3.8, 4) is 0 Å². The van der Waals surface area contributed by atoms with Gasteiger partial charge in [-0.3, -0.25) is 0 Å². The molecule has 0 saturated heterocycles. The Morgan fingerprint density at radius 3 is 2.75 bits per heavy atom. The number of hydrogen-bond acceptors (Lipinski definition) is 4. The molecule has 0 fully saturated rings. The summed E-state index contributed by atoms with van der Waals surface area (Å²) in [5.41, 5.74) is 3.24. The van der Waals surface area contributed by atoms with E-state index >= 15 is 0 Å². The molecule has 1 unspecified atom stereocenters. The smallest absolute Gasteiger partial charge is 0.110 e.